The normalized spacial score (nSPS) is 11.2. The van der Waals surface area contributed by atoms with Crippen molar-refractivity contribution in [2.75, 3.05) is 0 Å². The molecule has 5 aromatic carbocycles. The molecule has 0 atom stereocenters. The predicted octanol–water partition coefficient (Wildman–Crippen LogP) is 6.24. The lowest BCUT2D eigenvalue weighted by molar-refractivity contribution is 0.443. The molecule has 5 rings (SSSR count). The maximum atomic E-state index is 14.9. The average Bonchev–Trinajstić information content (AvgIpc) is 2.89. The van der Waals surface area contributed by atoms with Crippen molar-refractivity contribution in [2.45, 2.75) is 0 Å². The second-order valence-electron chi connectivity index (χ2n) is 7.71. The Bertz CT molecular complexity index is 1230. The van der Waals surface area contributed by atoms with Gasteiger partial charge < -0.3 is 4.74 Å². The lowest BCUT2D eigenvalue weighted by Crippen LogP contribution is -2.38. The summed E-state index contributed by atoms with van der Waals surface area (Å²) in [7, 11) is -2.30. The van der Waals surface area contributed by atoms with Gasteiger partial charge in [0.2, 0.25) is 0 Å². The van der Waals surface area contributed by atoms with Gasteiger partial charge in [0.15, 0.2) is 11.6 Å². The molecule has 3 heteroatoms. The van der Waals surface area contributed by atoms with Gasteiger partial charge in [-0.2, -0.15) is 0 Å². The van der Waals surface area contributed by atoms with Crippen molar-refractivity contribution in [3.8, 4) is 11.5 Å². The highest BCUT2D eigenvalue weighted by Gasteiger charge is 2.48. The molecule has 0 aliphatic carbocycles. The SMILES string of the molecule is Fc1ccc([P+](c2ccccc2)(c2ccccc2)c2ccccc2)cc1Oc1ccccc1. The molecule has 0 aliphatic heterocycles. The van der Waals surface area contributed by atoms with Crippen molar-refractivity contribution in [3.63, 3.8) is 0 Å². The van der Waals surface area contributed by atoms with Crippen LogP contribution >= 0.6 is 7.26 Å². The summed E-state index contributed by atoms with van der Waals surface area (Å²) in [5.41, 5.74) is 0. The highest BCUT2D eigenvalue weighted by atomic mass is 31.2. The fraction of sp³-hybridized carbons (Fsp3) is 0. The number of rotatable bonds is 6. The molecule has 0 unspecified atom stereocenters. The van der Waals surface area contributed by atoms with E-state index in [2.05, 4.69) is 72.8 Å². The highest BCUT2D eigenvalue weighted by molar-refractivity contribution is 8.01. The van der Waals surface area contributed by atoms with Gasteiger partial charge in [0.05, 0.1) is 0 Å². The topological polar surface area (TPSA) is 9.23 Å². The van der Waals surface area contributed by atoms with E-state index in [-0.39, 0.29) is 11.6 Å². The summed E-state index contributed by atoms with van der Waals surface area (Å²) in [5, 5.41) is 4.66. The fourth-order valence-corrected chi connectivity index (χ4v) is 8.50. The molecule has 0 aliphatic rings. The van der Waals surface area contributed by atoms with Crippen LogP contribution < -0.4 is 26.0 Å². The number of ether oxygens (including phenoxy) is 1. The Morgan fingerprint density at radius 1 is 0.455 bits per heavy atom. The molecule has 0 fully saturated rings. The molecule has 0 saturated carbocycles. The number of benzene rings is 5. The molecular weight excluding hydrogens is 426 g/mol. The van der Waals surface area contributed by atoms with E-state index in [0.29, 0.717) is 5.75 Å². The third kappa shape index (κ3) is 4.06. The first-order valence-corrected chi connectivity index (χ1v) is 12.7. The van der Waals surface area contributed by atoms with Crippen molar-refractivity contribution in [3.05, 3.63) is 145 Å². The summed E-state index contributed by atoms with van der Waals surface area (Å²) in [4.78, 5) is 0. The van der Waals surface area contributed by atoms with E-state index in [1.165, 1.54) is 22.0 Å². The molecule has 0 saturated heterocycles. The Morgan fingerprint density at radius 2 is 0.879 bits per heavy atom. The van der Waals surface area contributed by atoms with Crippen LogP contribution in [0.25, 0.3) is 0 Å². The molecule has 0 spiro atoms. The smallest absolute Gasteiger partial charge is 0.167 e. The van der Waals surface area contributed by atoms with Gasteiger partial charge in [-0.05, 0) is 60.7 Å². The average molecular weight is 449 g/mol. The fourth-order valence-electron chi connectivity index (χ4n) is 4.24. The maximum Gasteiger partial charge on any atom is 0.167 e. The van der Waals surface area contributed by atoms with Crippen molar-refractivity contribution in [1.82, 2.24) is 0 Å². The molecule has 5 aromatic rings. The third-order valence-electron chi connectivity index (χ3n) is 5.70. The Kier molecular flexibility index (Phi) is 6.02. The van der Waals surface area contributed by atoms with Gasteiger partial charge in [-0.3, -0.25) is 0 Å². The van der Waals surface area contributed by atoms with E-state index in [9.17, 15) is 4.39 Å². The Hall–Kier alpha value is -3.74. The second-order valence-corrected chi connectivity index (χ2v) is 11.1. The van der Waals surface area contributed by atoms with Crippen molar-refractivity contribution < 1.29 is 9.13 Å². The van der Waals surface area contributed by atoms with Crippen LogP contribution in [0.3, 0.4) is 0 Å². The lowest BCUT2D eigenvalue weighted by Gasteiger charge is -2.28. The zero-order valence-electron chi connectivity index (χ0n) is 18.0. The van der Waals surface area contributed by atoms with Crippen LogP contribution in [-0.2, 0) is 0 Å². The van der Waals surface area contributed by atoms with Crippen LogP contribution in [-0.4, -0.2) is 0 Å². The minimum atomic E-state index is -2.30. The van der Waals surface area contributed by atoms with Gasteiger partial charge in [-0.25, -0.2) is 4.39 Å². The van der Waals surface area contributed by atoms with Gasteiger partial charge in [-0.15, -0.1) is 0 Å². The van der Waals surface area contributed by atoms with Gasteiger partial charge in [0.1, 0.15) is 34.2 Å². The molecule has 1 nitrogen and oxygen atoms in total. The summed E-state index contributed by atoms with van der Waals surface area (Å²) in [5.74, 6) is 0.456. The maximum absolute atomic E-state index is 14.9. The highest BCUT2D eigenvalue weighted by Crippen LogP contribution is 2.54. The summed E-state index contributed by atoms with van der Waals surface area (Å²) in [6.07, 6.45) is 0. The van der Waals surface area contributed by atoms with E-state index in [4.69, 9.17) is 4.74 Å². The molecule has 0 N–H and O–H groups in total. The molecule has 0 heterocycles. The van der Waals surface area contributed by atoms with E-state index < -0.39 is 7.26 Å². The largest absolute Gasteiger partial charge is 0.454 e. The third-order valence-corrected chi connectivity index (χ3v) is 9.97. The number of hydrogen-bond donors (Lipinski definition) is 0. The summed E-state index contributed by atoms with van der Waals surface area (Å²) < 4.78 is 20.9. The van der Waals surface area contributed by atoms with Crippen LogP contribution in [0.5, 0.6) is 11.5 Å². The summed E-state index contributed by atoms with van der Waals surface area (Å²) in [6, 6.07) is 46.2. The van der Waals surface area contributed by atoms with Crippen LogP contribution in [0, 0.1) is 5.82 Å². The number of para-hydroxylation sites is 1. The van der Waals surface area contributed by atoms with Crippen molar-refractivity contribution in [1.29, 1.82) is 0 Å². The van der Waals surface area contributed by atoms with Crippen LogP contribution in [0.1, 0.15) is 0 Å². The van der Waals surface area contributed by atoms with Gasteiger partial charge >= 0.3 is 0 Å². The first-order chi connectivity index (χ1) is 16.3. The molecule has 33 heavy (non-hydrogen) atoms. The Morgan fingerprint density at radius 3 is 1.33 bits per heavy atom. The number of halogens is 1. The van der Waals surface area contributed by atoms with E-state index in [0.717, 1.165) is 5.30 Å². The first kappa shape index (κ1) is 21.1. The summed E-state index contributed by atoms with van der Waals surface area (Å²) >= 11 is 0. The predicted molar refractivity (Wildman–Crippen MR) is 138 cm³/mol. The molecule has 0 bridgehead atoms. The van der Waals surface area contributed by atoms with Crippen LogP contribution in [0.15, 0.2) is 140 Å². The minimum absolute atomic E-state index is 0.228. The van der Waals surface area contributed by atoms with Gasteiger partial charge in [0, 0.05) is 6.07 Å². The van der Waals surface area contributed by atoms with E-state index in [1.807, 2.05) is 60.7 Å². The van der Waals surface area contributed by atoms with Crippen molar-refractivity contribution >= 4 is 28.5 Å². The second kappa shape index (κ2) is 9.40. The van der Waals surface area contributed by atoms with Gasteiger partial charge in [0.25, 0.3) is 0 Å². The molecule has 0 amide bonds. The zero-order chi connectivity index (χ0) is 22.5. The Balaban J connectivity index is 1.79. The zero-order valence-corrected chi connectivity index (χ0v) is 18.9. The minimum Gasteiger partial charge on any atom is -0.454 e. The summed E-state index contributed by atoms with van der Waals surface area (Å²) in [6.45, 7) is 0. The van der Waals surface area contributed by atoms with Crippen LogP contribution in [0.2, 0.25) is 0 Å². The molecule has 0 radical (unpaired) electrons. The molecule has 160 valence electrons. The first-order valence-electron chi connectivity index (χ1n) is 10.9. The lowest BCUT2D eigenvalue weighted by atomic mass is 10.3. The van der Waals surface area contributed by atoms with Crippen LogP contribution in [0.4, 0.5) is 4.39 Å². The van der Waals surface area contributed by atoms with Gasteiger partial charge in [-0.1, -0.05) is 72.8 Å². The standard InChI is InChI=1S/C30H23FOP/c31-29-22-21-28(23-30(29)32-24-13-5-1-6-14-24)33(25-15-7-2-8-16-25,26-17-9-3-10-18-26)27-19-11-4-12-20-27/h1-23H/q+1. The van der Waals surface area contributed by atoms with E-state index >= 15 is 0 Å². The van der Waals surface area contributed by atoms with E-state index in [1.54, 1.807) is 0 Å². The molecule has 0 aromatic heterocycles. The quantitative estimate of drug-likeness (QED) is 0.279. The molecular formula is C30H23FOP+. The monoisotopic (exact) mass is 449 g/mol. The number of hydrogen-bond acceptors (Lipinski definition) is 1. The Labute approximate surface area is 194 Å². The van der Waals surface area contributed by atoms with Crippen molar-refractivity contribution in [2.24, 2.45) is 0 Å².